The van der Waals surface area contributed by atoms with Crippen LogP contribution in [0.1, 0.15) is 18.4 Å². The number of β-amino-alcohol motifs (C(OH)–C–C–N with tert-alkyl or cyclic N) is 1. The Morgan fingerprint density at radius 2 is 2.07 bits per heavy atom. The fourth-order valence-electron chi connectivity index (χ4n) is 3.73. The van der Waals surface area contributed by atoms with E-state index in [9.17, 15) is 18.3 Å². The van der Waals surface area contributed by atoms with Crippen molar-refractivity contribution in [2.75, 3.05) is 31.6 Å². The van der Waals surface area contributed by atoms with E-state index in [1.807, 2.05) is 0 Å². The molecule has 2 aromatic heterocycles. The maximum atomic E-state index is 12.9. The summed E-state index contributed by atoms with van der Waals surface area (Å²) in [7, 11) is 0. The SMILES string of the molecule is OCCN1CCC[C@@H](Nc2nnc(-c3ccc(C(F)(F)F)cc3O)c3cncn23)C1. The van der Waals surface area contributed by atoms with Gasteiger partial charge in [-0.3, -0.25) is 9.30 Å². The minimum absolute atomic E-state index is 0.101. The zero-order valence-corrected chi connectivity index (χ0v) is 16.0. The van der Waals surface area contributed by atoms with Gasteiger partial charge in [0.15, 0.2) is 0 Å². The van der Waals surface area contributed by atoms with E-state index < -0.39 is 17.5 Å². The van der Waals surface area contributed by atoms with Crippen LogP contribution in [0.5, 0.6) is 5.75 Å². The second-order valence-electron chi connectivity index (χ2n) is 7.26. The zero-order valence-electron chi connectivity index (χ0n) is 16.0. The van der Waals surface area contributed by atoms with Crippen molar-refractivity contribution in [3.8, 4) is 17.0 Å². The quantitative estimate of drug-likeness (QED) is 0.581. The van der Waals surface area contributed by atoms with Crippen LogP contribution in [0.3, 0.4) is 0 Å². The van der Waals surface area contributed by atoms with Gasteiger partial charge in [-0.15, -0.1) is 10.2 Å². The Kier molecular flexibility index (Phi) is 5.48. The highest BCUT2D eigenvalue weighted by Crippen LogP contribution is 2.37. The monoisotopic (exact) mass is 422 g/mol. The molecule has 0 amide bonds. The number of aromatic hydroxyl groups is 1. The molecule has 3 N–H and O–H groups in total. The molecule has 4 rings (SSSR count). The summed E-state index contributed by atoms with van der Waals surface area (Å²) in [5, 5.41) is 31.0. The second-order valence-corrected chi connectivity index (χ2v) is 7.26. The van der Waals surface area contributed by atoms with Gasteiger partial charge in [-0.1, -0.05) is 0 Å². The first-order valence-electron chi connectivity index (χ1n) is 9.56. The Bertz CT molecular complexity index is 1040. The van der Waals surface area contributed by atoms with Gasteiger partial charge < -0.3 is 15.5 Å². The fraction of sp³-hybridized carbons (Fsp3) is 0.421. The van der Waals surface area contributed by atoms with E-state index in [0.717, 1.165) is 32.0 Å². The number of nitrogens with zero attached hydrogens (tertiary/aromatic N) is 5. The van der Waals surface area contributed by atoms with Gasteiger partial charge >= 0.3 is 6.18 Å². The number of aliphatic hydroxyl groups excluding tert-OH is 1. The van der Waals surface area contributed by atoms with E-state index in [1.165, 1.54) is 18.6 Å². The van der Waals surface area contributed by atoms with Crippen LogP contribution in [0.25, 0.3) is 16.8 Å². The lowest BCUT2D eigenvalue weighted by molar-refractivity contribution is -0.137. The molecular formula is C19H21F3N6O2. The number of halogens is 3. The summed E-state index contributed by atoms with van der Waals surface area (Å²) >= 11 is 0. The molecule has 11 heteroatoms. The van der Waals surface area contributed by atoms with Gasteiger partial charge in [-0.05, 0) is 37.6 Å². The number of nitrogens with one attached hydrogen (secondary N) is 1. The molecule has 1 saturated heterocycles. The van der Waals surface area contributed by atoms with E-state index in [0.29, 0.717) is 24.1 Å². The molecule has 1 fully saturated rings. The van der Waals surface area contributed by atoms with E-state index >= 15 is 0 Å². The molecule has 1 aromatic carbocycles. The van der Waals surface area contributed by atoms with E-state index in [2.05, 4.69) is 25.4 Å². The molecule has 0 aliphatic carbocycles. The number of phenols is 1. The summed E-state index contributed by atoms with van der Waals surface area (Å²) in [5.41, 5.74) is -0.0657. The van der Waals surface area contributed by atoms with Gasteiger partial charge in [0.05, 0.1) is 23.9 Å². The van der Waals surface area contributed by atoms with Crippen LogP contribution in [-0.4, -0.2) is 67.0 Å². The third kappa shape index (κ3) is 4.03. The first-order chi connectivity index (χ1) is 14.4. The van der Waals surface area contributed by atoms with Gasteiger partial charge in [0.2, 0.25) is 5.95 Å². The molecule has 0 spiro atoms. The zero-order chi connectivity index (χ0) is 21.3. The van der Waals surface area contributed by atoms with Gasteiger partial charge in [0, 0.05) is 24.7 Å². The Morgan fingerprint density at radius 3 is 2.80 bits per heavy atom. The van der Waals surface area contributed by atoms with Gasteiger partial charge in [-0.25, -0.2) is 4.98 Å². The largest absolute Gasteiger partial charge is 0.507 e. The van der Waals surface area contributed by atoms with Crippen molar-refractivity contribution in [2.45, 2.75) is 25.1 Å². The van der Waals surface area contributed by atoms with Crippen LogP contribution in [0.4, 0.5) is 19.1 Å². The number of imidazole rings is 1. The van der Waals surface area contributed by atoms with Crippen molar-refractivity contribution in [1.82, 2.24) is 24.5 Å². The van der Waals surface area contributed by atoms with Crippen molar-refractivity contribution in [1.29, 1.82) is 0 Å². The van der Waals surface area contributed by atoms with E-state index in [4.69, 9.17) is 5.11 Å². The average Bonchev–Trinajstić information content (AvgIpc) is 3.19. The highest BCUT2D eigenvalue weighted by Gasteiger charge is 2.31. The Morgan fingerprint density at radius 1 is 1.23 bits per heavy atom. The molecule has 1 atom stereocenters. The molecule has 1 aliphatic heterocycles. The predicted molar refractivity (Wildman–Crippen MR) is 103 cm³/mol. The predicted octanol–water partition coefficient (Wildman–Crippen LogP) is 2.38. The molecule has 0 bridgehead atoms. The number of alkyl halides is 3. The Balaban J connectivity index is 1.63. The van der Waals surface area contributed by atoms with Crippen LogP contribution in [-0.2, 0) is 6.18 Å². The molecule has 3 aromatic rings. The smallest absolute Gasteiger partial charge is 0.416 e. The molecule has 0 radical (unpaired) electrons. The summed E-state index contributed by atoms with van der Waals surface area (Å²) in [4.78, 5) is 6.27. The fourth-order valence-corrected chi connectivity index (χ4v) is 3.73. The second kappa shape index (κ2) is 8.07. The van der Waals surface area contributed by atoms with Crippen molar-refractivity contribution < 1.29 is 23.4 Å². The molecule has 0 saturated carbocycles. The molecule has 30 heavy (non-hydrogen) atoms. The third-order valence-electron chi connectivity index (χ3n) is 5.19. The third-order valence-corrected chi connectivity index (χ3v) is 5.19. The molecule has 160 valence electrons. The van der Waals surface area contributed by atoms with Crippen molar-refractivity contribution in [3.05, 3.63) is 36.3 Å². The first-order valence-corrected chi connectivity index (χ1v) is 9.56. The van der Waals surface area contributed by atoms with E-state index in [1.54, 1.807) is 4.40 Å². The minimum Gasteiger partial charge on any atom is -0.507 e. The minimum atomic E-state index is -4.55. The number of piperidine rings is 1. The summed E-state index contributed by atoms with van der Waals surface area (Å²) in [6.45, 7) is 2.39. The molecule has 3 heterocycles. The average molecular weight is 422 g/mol. The number of likely N-dealkylation sites (tertiary alicyclic amines) is 1. The van der Waals surface area contributed by atoms with Gasteiger partial charge in [0.25, 0.3) is 0 Å². The number of phenolic OH excluding ortho intramolecular Hbond substituents is 1. The summed E-state index contributed by atoms with van der Waals surface area (Å²) in [6, 6.07) is 2.85. The standard InChI is InChI=1S/C19H21F3N6O2/c20-19(21,22)12-3-4-14(16(30)8-12)17-15-9-23-11-28(15)18(26-25-17)24-13-2-1-5-27(10-13)6-7-29/h3-4,8-9,11,13,29-30H,1-2,5-7,10H2,(H,24,26)/t13-/m1/s1. The number of benzene rings is 1. The normalized spacial score (nSPS) is 18.1. The maximum absolute atomic E-state index is 12.9. The number of hydrogen-bond donors (Lipinski definition) is 3. The number of aliphatic hydroxyl groups is 1. The van der Waals surface area contributed by atoms with Crippen LogP contribution < -0.4 is 5.32 Å². The number of rotatable bonds is 5. The highest BCUT2D eigenvalue weighted by molar-refractivity contribution is 5.80. The molecule has 1 aliphatic rings. The lowest BCUT2D eigenvalue weighted by atomic mass is 10.1. The molecule has 8 nitrogen and oxygen atoms in total. The summed E-state index contributed by atoms with van der Waals surface area (Å²) in [6.07, 6.45) is 0.415. The number of fused-ring (bicyclic) bond motifs is 1. The number of hydrogen-bond acceptors (Lipinski definition) is 7. The lowest BCUT2D eigenvalue weighted by Gasteiger charge is -2.32. The van der Waals surface area contributed by atoms with Gasteiger partial charge in [-0.2, -0.15) is 13.2 Å². The van der Waals surface area contributed by atoms with Crippen LogP contribution in [0.2, 0.25) is 0 Å². The molecular weight excluding hydrogens is 401 g/mol. The maximum Gasteiger partial charge on any atom is 0.416 e. The first kappa shape index (κ1) is 20.4. The topological polar surface area (TPSA) is 98.8 Å². The van der Waals surface area contributed by atoms with E-state index in [-0.39, 0.29) is 23.9 Å². The highest BCUT2D eigenvalue weighted by atomic mass is 19.4. The van der Waals surface area contributed by atoms with Crippen molar-refractivity contribution in [3.63, 3.8) is 0 Å². The Labute approximate surface area is 170 Å². The Hall–Kier alpha value is -2.92. The number of anilines is 1. The summed E-state index contributed by atoms with van der Waals surface area (Å²) in [5.74, 6) is -0.0802. The van der Waals surface area contributed by atoms with Crippen molar-refractivity contribution in [2.24, 2.45) is 0 Å². The lowest BCUT2D eigenvalue weighted by Crippen LogP contribution is -2.43. The number of aromatic nitrogens is 4. The van der Waals surface area contributed by atoms with Crippen molar-refractivity contribution >= 4 is 11.5 Å². The molecule has 0 unspecified atom stereocenters. The van der Waals surface area contributed by atoms with Crippen LogP contribution >= 0.6 is 0 Å². The van der Waals surface area contributed by atoms with Gasteiger partial charge in [0.1, 0.15) is 17.8 Å². The summed E-state index contributed by atoms with van der Waals surface area (Å²) < 4.78 is 40.3. The van der Waals surface area contributed by atoms with Crippen LogP contribution in [0, 0.1) is 0 Å². The van der Waals surface area contributed by atoms with Crippen LogP contribution in [0.15, 0.2) is 30.7 Å².